The van der Waals surface area contributed by atoms with Gasteiger partial charge in [0, 0.05) is 24.0 Å². The molecule has 0 amide bonds. The molecule has 0 aromatic carbocycles. The molecule has 1 aliphatic rings. The molecule has 1 saturated carbocycles. The van der Waals surface area contributed by atoms with Crippen molar-refractivity contribution in [3.05, 3.63) is 29.3 Å². The van der Waals surface area contributed by atoms with Crippen LogP contribution in [0.2, 0.25) is 0 Å². The Morgan fingerprint density at radius 2 is 2.44 bits per heavy atom. The smallest absolute Gasteiger partial charge is 0.195 e. The average molecular weight is 260 g/mol. The molecule has 0 aliphatic heterocycles. The van der Waals surface area contributed by atoms with E-state index in [9.17, 15) is 0 Å². The highest BCUT2D eigenvalue weighted by molar-refractivity contribution is 7.71. The van der Waals surface area contributed by atoms with Gasteiger partial charge >= 0.3 is 0 Å². The molecule has 0 bridgehead atoms. The number of nitrogens with one attached hydrogen (secondary N) is 1. The van der Waals surface area contributed by atoms with Crippen LogP contribution >= 0.6 is 12.2 Å². The fourth-order valence-corrected chi connectivity index (χ4v) is 2.81. The molecule has 2 atom stereocenters. The summed E-state index contributed by atoms with van der Waals surface area (Å²) in [4.78, 5) is 4.15. The number of hydrogen-bond acceptors (Lipinski definition) is 3. The number of H-pyrrole nitrogens is 1. The van der Waals surface area contributed by atoms with Crippen LogP contribution in [0, 0.1) is 10.7 Å². The summed E-state index contributed by atoms with van der Waals surface area (Å²) in [6, 6.07) is 4.46. The van der Waals surface area contributed by atoms with Crippen LogP contribution in [0.3, 0.4) is 0 Å². The summed E-state index contributed by atoms with van der Waals surface area (Å²) in [5.41, 5.74) is 1.02. The van der Waals surface area contributed by atoms with Crippen LogP contribution in [0.1, 0.15) is 32.2 Å². The number of pyridine rings is 1. The molecule has 4 nitrogen and oxygen atoms in total. The van der Waals surface area contributed by atoms with Gasteiger partial charge in [0.15, 0.2) is 10.6 Å². The van der Waals surface area contributed by atoms with Crippen LogP contribution in [-0.2, 0) is 0 Å². The van der Waals surface area contributed by atoms with Gasteiger partial charge in [0.05, 0.1) is 0 Å². The summed E-state index contributed by atoms with van der Waals surface area (Å²) in [5, 5.41) is 7.26. The molecule has 18 heavy (non-hydrogen) atoms. The van der Waals surface area contributed by atoms with E-state index in [1.807, 2.05) is 18.3 Å². The van der Waals surface area contributed by atoms with Crippen LogP contribution < -0.4 is 0 Å². The Kier molecular flexibility index (Phi) is 2.99. The Morgan fingerprint density at radius 1 is 1.56 bits per heavy atom. The van der Waals surface area contributed by atoms with Crippen molar-refractivity contribution >= 4 is 12.2 Å². The molecule has 5 heteroatoms. The zero-order valence-electron chi connectivity index (χ0n) is 10.3. The van der Waals surface area contributed by atoms with Gasteiger partial charge in [0.2, 0.25) is 0 Å². The molecule has 2 unspecified atom stereocenters. The van der Waals surface area contributed by atoms with Gasteiger partial charge in [0.25, 0.3) is 0 Å². The maximum absolute atomic E-state index is 5.35. The molecule has 0 spiro atoms. The molecular weight excluding hydrogens is 244 g/mol. The van der Waals surface area contributed by atoms with Crippen LogP contribution in [0.25, 0.3) is 11.4 Å². The Hall–Kier alpha value is -1.49. The van der Waals surface area contributed by atoms with Crippen molar-refractivity contribution in [2.24, 2.45) is 5.92 Å². The van der Waals surface area contributed by atoms with E-state index in [1.165, 1.54) is 19.3 Å². The lowest BCUT2D eigenvalue weighted by Gasteiger charge is -2.05. The van der Waals surface area contributed by atoms with Gasteiger partial charge in [-0.15, -0.1) is 0 Å². The standard InChI is InChI=1S/C13H16N4S/c1-2-4-9-7-11(9)17-12(15-16-13(17)18)10-5-3-6-14-8-10/h3,5-6,8-9,11H,2,4,7H2,1H3,(H,16,18). The molecule has 3 rings (SSSR count). The van der Waals surface area contributed by atoms with E-state index in [0.29, 0.717) is 6.04 Å². The Labute approximate surface area is 111 Å². The first kappa shape index (κ1) is 11.6. The topological polar surface area (TPSA) is 46.5 Å². The largest absolute Gasteiger partial charge is 0.297 e. The van der Waals surface area contributed by atoms with Crippen molar-refractivity contribution in [3.8, 4) is 11.4 Å². The Balaban J connectivity index is 1.96. The zero-order valence-corrected chi connectivity index (χ0v) is 11.2. The van der Waals surface area contributed by atoms with Crippen molar-refractivity contribution in [1.82, 2.24) is 19.7 Å². The number of aromatic nitrogens is 4. The van der Waals surface area contributed by atoms with Gasteiger partial charge in [0.1, 0.15) is 0 Å². The summed E-state index contributed by atoms with van der Waals surface area (Å²) in [7, 11) is 0. The SMILES string of the molecule is CCCC1CC1n1c(-c2cccnc2)n[nH]c1=S. The van der Waals surface area contributed by atoms with Crippen molar-refractivity contribution < 1.29 is 0 Å². The van der Waals surface area contributed by atoms with Crippen LogP contribution in [0.4, 0.5) is 0 Å². The van der Waals surface area contributed by atoms with E-state index in [2.05, 4.69) is 26.7 Å². The van der Waals surface area contributed by atoms with Gasteiger partial charge in [-0.05, 0) is 43.1 Å². The molecule has 94 valence electrons. The van der Waals surface area contributed by atoms with Crippen molar-refractivity contribution in [2.75, 3.05) is 0 Å². The summed E-state index contributed by atoms with van der Waals surface area (Å²) in [6.07, 6.45) is 7.32. The first-order valence-electron chi connectivity index (χ1n) is 6.38. The molecular formula is C13H16N4S. The molecule has 2 heterocycles. The van der Waals surface area contributed by atoms with Crippen molar-refractivity contribution in [1.29, 1.82) is 0 Å². The first-order chi connectivity index (χ1) is 8.81. The lowest BCUT2D eigenvalue weighted by Crippen LogP contribution is -2.00. The van der Waals surface area contributed by atoms with Gasteiger partial charge in [-0.25, -0.2) is 0 Å². The summed E-state index contributed by atoms with van der Waals surface area (Å²) in [5.74, 6) is 1.67. The predicted octanol–water partition coefficient (Wildman–Crippen LogP) is 3.36. The third-order valence-corrected chi connectivity index (χ3v) is 3.79. The van der Waals surface area contributed by atoms with E-state index in [-0.39, 0.29) is 0 Å². The van der Waals surface area contributed by atoms with E-state index in [0.717, 1.165) is 22.1 Å². The highest BCUT2D eigenvalue weighted by Crippen LogP contribution is 2.47. The van der Waals surface area contributed by atoms with Gasteiger partial charge < -0.3 is 0 Å². The predicted molar refractivity (Wildman–Crippen MR) is 72.7 cm³/mol. The van der Waals surface area contributed by atoms with Gasteiger partial charge in [-0.2, -0.15) is 5.10 Å². The first-order valence-corrected chi connectivity index (χ1v) is 6.79. The maximum Gasteiger partial charge on any atom is 0.195 e. The van der Waals surface area contributed by atoms with Crippen molar-refractivity contribution in [2.45, 2.75) is 32.2 Å². The van der Waals surface area contributed by atoms with E-state index in [4.69, 9.17) is 12.2 Å². The second kappa shape index (κ2) is 4.65. The number of aromatic amines is 1. The second-order valence-corrected chi connectivity index (χ2v) is 5.20. The minimum Gasteiger partial charge on any atom is -0.297 e. The Bertz CT molecular complexity index is 587. The molecule has 0 radical (unpaired) electrons. The van der Waals surface area contributed by atoms with E-state index >= 15 is 0 Å². The lowest BCUT2D eigenvalue weighted by molar-refractivity contribution is 0.606. The van der Waals surface area contributed by atoms with E-state index < -0.39 is 0 Å². The number of nitrogens with zero attached hydrogens (tertiary/aromatic N) is 3. The van der Waals surface area contributed by atoms with E-state index in [1.54, 1.807) is 6.20 Å². The minimum absolute atomic E-state index is 0.520. The zero-order chi connectivity index (χ0) is 12.5. The number of hydrogen-bond donors (Lipinski definition) is 1. The lowest BCUT2D eigenvalue weighted by atomic mass is 10.2. The summed E-state index contributed by atoms with van der Waals surface area (Å²) >= 11 is 5.35. The second-order valence-electron chi connectivity index (χ2n) is 4.82. The third kappa shape index (κ3) is 1.99. The van der Waals surface area contributed by atoms with Crippen LogP contribution in [0.15, 0.2) is 24.5 Å². The normalized spacial score (nSPS) is 22.1. The fraction of sp³-hybridized carbons (Fsp3) is 0.462. The molecule has 0 saturated heterocycles. The molecule has 1 aliphatic carbocycles. The quantitative estimate of drug-likeness (QED) is 0.857. The molecule has 2 aromatic heterocycles. The molecule has 2 aromatic rings. The summed E-state index contributed by atoms with van der Waals surface area (Å²) < 4.78 is 2.88. The summed E-state index contributed by atoms with van der Waals surface area (Å²) in [6.45, 7) is 2.23. The van der Waals surface area contributed by atoms with Crippen molar-refractivity contribution in [3.63, 3.8) is 0 Å². The van der Waals surface area contributed by atoms with Crippen LogP contribution in [0.5, 0.6) is 0 Å². The third-order valence-electron chi connectivity index (χ3n) is 3.50. The van der Waals surface area contributed by atoms with Gasteiger partial charge in [-0.3, -0.25) is 14.6 Å². The van der Waals surface area contributed by atoms with Gasteiger partial charge in [-0.1, -0.05) is 13.3 Å². The molecule has 1 N–H and O–H groups in total. The number of rotatable bonds is 4. The van der Waals surface area contributed by atoms with Crippen LogP contribution in [-0.4, -0.2) is 19.7 Å². The minimum atomic E-state index is 0.520. The Morgan fingerprint density at radius 3 is 3.17 bits per heavy atom. The monoisotopic (exact) mass is 260 g/mol. The fourth-order valence-electron chi connectivity index (χ4n) is 2.54. The highest BCUT2D eigenvalue weighted by Gasteiger charge is 2.39. The highest BCUT2D eigenvalue weighted by atomic mass is 32.1. The molecule has 1 fully saturated rings. The maximum atomic E-state index is 5.35. The average Bonchev–Trinajstić information content (AvgIpc) is 3.04.